The van der Waals surface area contributed by atoms with Gasteiger partial charge in [-0.1, -0.05) is 0 Å². The average molecular weight is 348 g/mol. The van der Waals surface area contributed by atoms with Gasteiger partial charge in [0.1, 0.15) is 0 Å². The summed E-state index contributed by atoms with van der Waals surface area (Å²) in [6, 6.07) is 3.18. The first-order valence-electron chi connectivity index (χ1n) is 6.27. The van der Waals surface area contributed by atoms with E-state index in [2.05, 4.69) is 37.6 Å². The quantitative estimate of drug-likeness (QED) is 0.895. The summed E-state index contributed by atoms with van der Waals surface area (Å²) in [6.07, 6.45) is 3.68. The summed E-state index contributed by atoms with van der Waals surface area (Å²) in [5.41, 5.74) is 0. The molecule has 106 valence electrons. The predicted molar refractivity (Wildman–Crippen MR) is 77.3 cm³/mol. The third kappa shape index (κ3) is 4.24. The average Bonchev–Trinajstić information content (AvgIpc) is 2.37. The zero-order valence-corrected chi connectivity index (χ0v) is 13.2. The molecule has 0 aliphatic carbocycles. The molecule has 0 amide bonds. The fourth-order valence-electron chi connectivity index (χ4n) is 2.26. The summed E-state index contributed by atoms with van der Waals surface area (Å²) in [7, 11) is -1.43. The Morgan fingerprint density at radius 3 is 2.95 bits per heavy atom. The molecule has 7 heteroatoms. The molecule has 2 rings (SSSR count). The summed E-state index contributed by atoms with van der Waals surface area (Å²) in [6.45, 7) is 2.51. The number of piperidine rings is 1. The second kappa shape index (κ2) is 6.30. The molecule has 5 nitrogen and oxygen atoms in total. The van der Waals surface area contributed by atoms with Gasteiger partial charge < -0.3 is 4.90 Å². The zero-order chi connectivity index (χ0) is 13.9. The minimum atomic E-state index is -3.49. The molecule has 0 aromatic carbocycles. The van der Waals surface area contributed by atoms with Crippen molar-refractivity contribution in [1.82, 2.24) is 14.6 Å². The molecule has 2 heterocycles. The summed E-state index contributed by atoms with van der Waals surface area (Å²) in [5, 5.41) is 0.0693. The van der Waals surface area contributed by atoms with Gasteiger partial charge >= 0.3 is 0 Å². The Labute approximate surface area is 122 Å². The van der Waals surface area contributed by atoms with Gasteiger partial charge in [0.25, 0.3) is 10.0 Å². The van der Waals surface area contributed by atoms with Gasteiger partial charge in [0.2, 0.25) is 0 Å². The van der Waals surface area contributed by atoms with Crippen LogP contribution in [0.15, 0.2) is 27.8 Å². The van der Waals surface area contributed by atoms with Crippen molar-refractivity contribution >= 4 is 26.0 Å². The number of nitrogens with zero attached hydrogens (tertiary/aromatic N) is 2. The van der Waals surface area contributed by atoms with Crippen molar-refractivity contribution in [3.8, 4) is 0 Å². The molecule has 0 bridgehead atoms. The number of aromatic nitrogens is 1. The van der Waals surface area contributed by atoms with Crippen LogP contribution in [0.3, 0.4) is 0 Å². The van der Waals surface area contributed by atoms with Crippen LogP contribution in [-0.4, -0.2) is 45.0 Å². The fourth-order valence-corrected chi connectivity index (χ4v) is 3.54. The molecular formula is C12H18BrN3O2S. The van der Waals surface area contributed by atoms with Crippen LogP contribution in [0.2, 0.25) is 0 Å². The monoisotopic (exact) mass is 347 g/mol. The predicted octanol–water partition coefficient (Wildman–Crippen LogP) is 1.46. The third-order valence-corrected chi connectivity index (χ3v) is 5.07. The highest BCUT2D eigenvalue weighted by Gasteiger charge is 2.21. The van der Waals surface area contributed by atoms with Crippen molar-refractivity contribution in [2.24, 2.45) is 5.92 Å². The molecule has 1 aromatic heterocycles. The summed E-state index contributed by atoms with van der Waals surface area (Å²) < 4.78 is 27.5. The molecule has 1 aliphatic rings. The van der Waals surface area contributed by atoms with E-state index in [0.717, 1.165) is 30.4 Å². The Morgan fingerprint density at radius 1 is 1.53 bits per heavy atom. The number of likely N-dealkylation sites (tertiary alicyclic amines) is 1. The van der Waals surface area contributed by atoms with Crippen LogP contribution in [0.5, 0.6) is 0 Å². The summed E-state index contributed by atoms with van der Waals surface area (Å²) in [4.78, 5) is 6.16. The van der Waals surface area contributed by atoms with Gasteiger partial charge in [-0.15, -0.1) is 0 Å². The van der Waals surface area contributed by atoms with Crippen molar-refractivity contribution in [2.45, 2.75) is 17.9 Å². The number of nitrogens with one attached hydrogen (secondary N) is 1. The third-order valence-electron chi connectivity index (χ3n) is 3.26. The number of sulfonamides is 1. The SMILES string of the molecule is CN1CCC[C@@H](CNS(=O)(=O)c2ccc(Br)cn2)C1. The first-order valence-corrected chi connectivity index (χ1v) is 8.55. The number of pyridine rings is 1. The van der Waals surface area contributed by atoms with Gasteiger partial charge in [-0.2, -0.15) is 0 Å². The number of rotatable bonds is 4. The normalized spacial score (nSPS) is 21.5. The van der Waals surface area contributed by atoms with Crippen LogP contribution in [0.1, 0.15) is 12.8 Å². The minimum absolute atomic E-state index is 0.0693. The first-order chi connectivity index (χ1) is 8.97. The Bertz CT molecular complexity index is 518. The van der Waals surface area contributed by atoms with E-state index in [1.807, 2.05) is 0 Å². The second-order valence-corrected chi connectivity index (χ2v) is 7.57. The highest BCUT2D eigenvalue weighted by atomic mass is 79.9. The molecule has 0 radical (unpaired) electrons. The Morgan fingerprint density at radius 2 is 2.32 bits per heavy atom. The lowest BCUT2D eigenvalue weighted by Crippen LogP contribution is -2.39. The van der Waals surface area contributed by atoms with E-state index >= 15 is 0 Å². The maximum absolute atomic E-state index is 12.1. The van der Waals surface area contributed by atoms with E-state index in [4.69, 9.17) is 0 Å². The van der Waals surface area contributed by atoms with E-state index < -0.39 is 10.0 Å². The standard InChI is InChI=1S/C12H18BrN3O2S/c1-16-6-2-3-10(9-16)7-15-19(17,18)12-5-4-11(13)8-14-12/h4-5,8,10,15H,2-3,6-7,9H2,1H3/t10-/m0/s1. The van der Waals surface area contributed by atoms with Crippen LogP contribution in [-0.2, 0) is 10.0 Å². The maximum Gasteiger partial charge on any atom is 0.258 e. The van der Waals surface area contributed by atoms with Crippen molar-refractivity contribution in [3.05, 3.63) is 22.8 Å². The first kappa shape index (κ1) is 14.9. The Kier molecular flexibility index (Phi) is 4.94. The van der Waals surface area contributed by atoms with E-state index in [1.165, 1.54) is 12.3 Å². The lowest BCUT2D eigenvalue weighted by atomic mass is 9.99. The van der Waals surface area contributed by atoms with E-state index in [0.29, 0.717) is 12.5 Å². The lowest BCUT2D eigenvalue weighted by Gasteiger charge is -2.29. The summed E-state index contributed by atoms with van der Waals surface area (Å²) in [5.74, 6) is 0.379. The summed E-state index contributed by atoms with van der Waals surface area (Å²) >= 11 is 3.24. The highest BCUT2D eigenvalue weighted by Crippen LogP contribution is 2.15. The molecule has 0 spiro atoms. The van der Waals surface area contributed by atoms with Crippen molar-refractivity contribution < 1.29 is 8.42 Å². The van der Waals surface area contributed by atoms with Crippen LogP contribution < -0.4 is 4.72 Å². The topological polar surface area (TPSA) is 62.3 Å². The number of halogens is 1. The smallest absolute Gasteiger partial charge is 0.258 e. The molecular weight excluding hydrogens is 330 g/mol. The molecule has 1 fully saturated rings. The van der Waals surface area contributed by atoms with Crippen molar-refractivity contribution in [1.29, 1.82) is 0 Å². The van der Waals surface area contributed by atoms with E-state index in [1.54, 1.807) is 6.07 Å². The van der Waals surface area contributed by atoms with Crippen LogP contribution in [0.25, 0.3) is 0 Å². The molecule has 0 unspecified atom stereocenters. The zero-order valence-electron chi connectivity index (χ0n) is 10.8. The lowest BCUT2D eigenvalue weighted by molar-refractivity contribution is 0.211. The van der Waals surface area contributed by atoms with Crippen LogP contribution in [0.4, 0.5) is 0 Å². The van der Waals surface area contributed by atoms with Crippen LogP contribution in [0, 0.1) is 5.92 Å². The van der Waals surface area contributed by atoms with Gasteiger partial charge in [-0.05, 0) is 60.4 Å². The molecule has 1 atom stereocenters. The van der Waals surface area contributed by atoms with Gasteiger partial charge in [0, 0.05) is 23.8 Å². The van der Waals surface area contributed by atoms with Gasteiger partial charge in [-0.25, -0.2) is 18.1 Å². The second-order valence-electron chi connectivity index (χ2n) is 4.94. The number of hydrogen-bond acceptors (Lipinski definition) is 4. The van der Waals surface area contributed by atoms with E-state index in [9.17, 15) is 8.42 Å². The Hall–Kier alpha value is -0.500. The molecule has 0 saturated carbocycles. The molecule has 1 aromatic rings. The fraction of sp³-hybridized carbons (Fsp3) is 0.583. The number of hydrogen-bond donors (Lipinski definition) is 1. The molecule has 19 heavy (non-hydrogen) atoms. The Balaban J connectivity index is 1.96. The molecule has 1 saturated heterocycles. The van der Waals surface area contributed by atoms with Gasteiger partial charge in [0.05, 0.1) is 0 Å². The van der Waals surface area contributed by atoms with Crippen LogP contribution >= 0.6 is 15.9 Å². The molecule has 1 N–H and O–H groups in total. The van der Waals surface area contributed by atoms with Gasteiger partial charge in [0.15, 0.2) is 5.03 Å². The highest BCUT2D eigenvalue weighted by molar-refractivity contribution is 9.10. The molecule has 1 aliphatic heterocycles. The maximum atomic E-state index is 12.1. The largest absolute Gasteiger partial charge is 0.306 e. The van der Waals surface area contributed by atoms with Crippen molar-refractivity contribution in [3.63, 3.8) is 0 Å². The van der Waals surface area contributed by atoms with Crippen molar-refractivity contribution in [2.75, 3.05) is 26.7 Å². The van der Waals surface area contributed by atoms with E-state index in [-0.39, 0.29) is 5.03 Å². The van der Waals surface area contributed by atoms with Gasteiger partial charge in [-0.3, -0.25) is 0 Å². The minimum Gasteiger partial charge on any atom is -0.306 e.